The van der Waals surface area contributed by atoms with Crippen molar-refractivity contribution in [2.75, 3.05) is 0 Å². The van der Waals surface area contributed by atoms with E-state index in [0.29, 0.717) is 0 Å². The van der Waals surface area contributed by atoms with E-state index in [1.807, 2.05) is 19.1 Å². The van der Waals surface area contributed by atoms with E-state index in [1.165, 1.54) is 11.1 Å². The normalized spacial score (nSPS) is 17.4. The molecular weight excluding hydrogens is 134 g/mol. The van der Waals surface area contributed by atoms with Gasteiger partial charge in [-0.2, -0.15) is 5.26 Å². The molecule has 0 atom stereocenters. The van der Waals surface area contributed by atoms with Gasteiger partial charge in [-0.25, -0.2) is 0 Å². The highest BCUT2D eigenvalue weighted by molar-refractivity contribution is 5.40. The maximum Gasteiger partial charge on any atom is 0.0950 e. The average molecular weight is 145 g/mol. The Morgan fingerprint density at radius 1 is 1.36 bits per heavy atom. The molecule has 0 N–H and O–H groups in total. The van der Waals surface area contributed by atoms with Crippen LogP contribution < -0.4 is 0 Å². The molecule has 0 amide bonds. The third-order valence-corrected chi connectivity index (χ3v) is 1.86. The summed E-state index contributed by atoms with van der Waals surface area (Å²) in [5.41, 5.74) is 3.28. The number of hydrogen-bond donors (Lipinski definition) is 0. The molecule has 0 aliphatic heterocycles. The lowest BCUT2D eigenvalue weighted by Gasteiger charge is -1.93. The van der Waals surface area contributed by atoms with Gasteiger partial charge in [0.25, 0.3) is 0 Å². The molecule has 0 saturated heterocycles. The van der Waals surface area contributed by atoms with E-state index in [9.17, 15) is 0 Å². The fourth-order valence-corrected chi connectivity index (χ4v) is 1.01. The molecule has 56 valence electrons. The van der Waals surface area contributed by atoms with Crippen molar-refractivity contribution in [3.63, 3.8) is 0 Å². The largest absolute Gasteiger partial charge is 0.193 e. The van der Waals surface area contributed by atoms with Crippen molar-refractivity contribution in [1.82, 2.24) is 0 Å². The van der Waals surface area contributed by atoms with Gasteiger partial charge in [0.15, 0.2) is 0 Å². The average Bonchev–Trinajstić information content (AvgIpc) is 2.15. The van der Waals surface area contributed by atoms with Crippen LogP contribution in [0, 0.1) is 11.3 Å². The van der Waals surface area contributed by atoms with Crippen LogP contribution in [0.25, 0.3) is 0 Å². The van der Waals surface area contributed by atoms with Crippen molar-refractivity contribution < 1.29 is 0 Å². The van der Waals surface area contributed by atoms with E-state index in [1.54, 1.807) is 0 Å². The smallest absolute Gasteiger partial charge is 0.0950 e. The Balaban J connectivity index is 3.04. The highest BCUT2D eigenvalue weighted by Crippen LogP contribution is 2.15. The van der Waals surface area contributed by atoms with Gasteiger partial charge in [-0.3, -0.25) is 0 Å². The van der Waals surface area contributed by atoms with Crippen LogP contribution >= 0.6 is 0 Å². The van der Waals surface area contributed by atoms with Crippen LogP contribution in [0.3, 0.4) is 0 Å². The molecule has 1 aliphatic rings. The van der Waals surface area contributed by atoms with Gasteiger partial charge >= 0.3 is 0 Å². The monoisotopic (exact) mass is 145 g/mol. The number of allylic oxidation sites excluding steroid dienone is 6. The van der Waals surface area contributed by atoms with E-state index in [0.717, 1.165) is 12.0 Å². The highest BCUT2D eigenvalue weighted by atomic mass is 14.2. The van der Waals surface area contributed by atoms with Crippen molar-refractivity contribution in [3.05, 3.63) is 34.9 Å². The Morgan fingerprint density at radius 3 is 2.73 bits per heavy atom. The lowest BCUT2D eigenvalue weighted by Crippen LogP contribution is -1.76. The minimum absolute atomic E-state index is 0.769. The molecule has 0 aromatic carbocycles. The standard InChI is InChI=1S/C10H11N/c1-8-4-3-5-10(7-11)6-9(8)2/h3-4,6H,5H2,1-2H3. The van der Waals surface area contributed by atoms with Crippen molar-refractivity contribution in [3.8, 4) is 6.07 Å². The quantitative estimate of drug-likeness (QED) is 0.514. The molecule has 0 saturated carbocycles. The number of nitrogens with zero attached hydrogens (tertiary/aromatic N) is 1. The zero-order valence-electron chi connectivity index (χ0n) is 6.89. The minimum Gasteiger partial charge on any atom is -0.193 e. The first-order chi connectivity index (χ1) is 5.24. The van der Waals surface area contributed by atoms with Gasteiger partial charge in [-0.05, 0) is 31.1 Å². The Hall–Kier alpha value is -1.29. The predicted molar refractivity (Wildman–Crippen MR) is 45.8 cm³/mol. The molecule has 0 bridgehead atoms. The number of hydrogen-bond acceptors (Lipinski definition) is 1. The van der Waals surface area contributed by atoms with Crippen LogP contribution in [0.15, 0.2) is 34.9 Å². The summed E-state index contributed by atoms with van der Waals surface area (Å²) in [5, 5.41) is 8.65. The Bertz CT molecular complexity index is 284. The van der Waals surface area contributed by atoms with Crippen LogP contribution in [0.4, 0.5) is 0 Å². The van der Waals surface area contributed by atoms with Gasteiger partial charge in [-0.1, -0.05) is 12.2 Å². The van der Waals surface area contributed by atoms with Gasteiger partial charge in [0.2, 0.25) is 0 Å². The van der Waals surface area contributed by atoms with Crippen molar-refractivity contribution in [1.29, 1.82) is 5.26 Å². The molecule has 0 fully saturated rings. The first-order valence-electron chi connectivity index (χ1n) is 3.68. The number of rotatable bonds is 0. The topological polar surface area (TPSA) is 23.8 Å². The lowest BCUT2D eigenvalue weighted by atomic mass is 10.1. The molecule has 0 heterocycles. The van der Waals surface area contributed by atoms with Gasteiger partial charge in [0.05, 0.1) is 6.07 Å². The molecule has 0 aromatic rings. The summed E-state index contributed by atoms with van der Waals surface area (Å²) in [5.74, 6) is 0. The molecule has 0 aromatic heterocycles. The molecule has 1 rings (SSSR count). The van der Waals surface area contributed by atoms with Crippen LogP contribution in [-0.2, 0) is 0 Å². The summed E-state index contributed by atoms with van der Waals surface area (Å²) in [6.07, 6.45) is 6.82. The van der Waals surface area contributed by atoms with Crippen molar-refractivity contribution >= 4 is 0 Å². The highest BCUT2D eigenvalue weighted by Gasteiger charge is 1.98. The zero-order valence-corrected chi connectivity index (χ0v) is 6.89. The van der Waals surface area contributed by atoms with Gasteiger partial charge in [-0.15, -0.1) is 0 Å². The van der Waals surface area contributed by atoms with E-state index >= 15 is 0 Å². The summed E-state index contributed by atoms with van der Waals surface area (Å²) >= 11 is 0. The predicted octanol–water partition coefficient (Wildman–Crippen LogP) is 2.73. The molecule has 1 aliphatic carbocycles. The molecule has 1 nitrogen and oxygen atoms in total. The molecule has 0 radical (unpaired) electrons. The van der Waals surface area contributed by atoms with Crippen LogP contribution in [0.1, 0.15) is 20.3 Å². The summed E-state index contributed by atoms with van der Waals surface area (Å²) < 4.78 is 0. The summed E-state index contributed by atoms with van der Waals surface area (Å²) in [6, 6.07) is 2.17. The fraction of sp³-hybridized carbons (Fsp3) is 0.300. The lowest BCUT2D eigenvalue weighted by molar-refractivity contribution is 1.28. The molecule has 11 heavy (non-hydrogen) atoms. The van der Waals surface area contributed by atoms with Gasteiger partial charge in [0, 0.05) is 12.0 Å². The summed E-state index contributed by atoms with van der Waals surface area (Å²) in [7, 11) is 0. The third-order valence-electron chi connectivity index (χ3n) is 1.86. The summed E-state index contributed by atoms with van der Waals surface area (Å²) in [6.45, 7) is 4.09. The molecule has 0 unspecified atom stereocenters. The molecule has 1 heteroatoms. The zero-order chi connectivity index (χ0) is 8.27. The van der Waals surface area contributed by atoms with E-state index in [4.69, 9.17) is 5.26 Å². The Labute approximate surface area is 67.3 Å². The third kappa shape index (κ3) is 1.81. The maximum atomic E-state index is 8.65. The second-order valence-electron chi connectivity index (χ2n) is 2.75. The van der Waals surface area contributed by atoms with E-state index in [-0.39, 0.29) is 0 Å². The van der Waals surface area contributed by atoms with Gasteiger partial charge < -0.3 is 0 Å². The minimum atomic E-state index is 0.769. The molecular formula is C10H11N. The van der Waals surface area contributed by atoms with Crippen molar-refractivity contribution in [2.45, 2.75) is 20.3 Å². The van der Waals surface area contributed by atoms with Gasteiger partial charge in [0.1, 0.15) is 0 Å². The van der Waals surface area contributed by atoms with Crippen LogP contribution in [0.2, 0.25) is 0 Å². The Kier molecular flexibility index (Phi) is 2.28. The number of nitriles is 1. The van der Waals surface area contributed by atoms with E-state index in [2.05, 4.69) is 19.1 Å². The first-order valence-corrected chi connectivity index (χ1v) is 3.68. The van der Waals surface area contributed by atoms with E-state index < -0.39 is 0 Å². The molecule has 0 spiro atoms. The SMILES string of the molecule is CC1=C(C)C=C(C#N)CC=C1. The summed E-state index contributed by atoms with van der Waals surface area (Å²) in [4.78, 5) is 0. The second-order valence-corrected chi connectivity index (χ2v) is 2.75. The van der Waals surface area contributed by atoms with Crippen molar-refractivity contribution in [2.24, 2.45) is 0 Å². The first kappa shape index (κ1) is 7.81. The van der Waals surface area contributed by atoms with Crippen LogP contribution in [0.5, 0.6) is 0 Å². The van der Waals surface area contributed by atoms with Crippen LogP contribution in [-0.4, -0.2) is 0 Å². The fourth-order valence-electron chi connectivity index (χ4n) is 1.01. The maximum absolute atomic E-state index is 8.65. The Morgan fingerprint density at radius 2 is 2.09 bits per heavy atom. The second kappa shape index (κ2) is 3.21.